The highest BCUT2D eigenvalue weighted by Gasteiger charge is 2.19. The Bertz CT molecular complexity index is 796. The summed E-state index contributed by atoms with van der Waals surface area (Å²) in [5.41, 5.74) is 1.91. The number of ketones is 1. The Hall–Kier alpha value is -3.15. The smallest absolute Gasteiger partial charge is 0.326 e. The van der Waals surface area contributed by atoms with Gasteiger partial charge >= 0.3 is 5.97 Å². The predicted octanol–water partition coefficient (Wildman–Crippen LogP) is 2.94. The highest BCUT2D eigenvalue weighted by atomic mass is 16.5. The summed E-state index contributed by atoms with van der Waals surface area (Å²) >= 11 is 0. The zero-order chi connectivity index (χ0) is 19.8. The quantitative estimate of drug-likeness (QED) is 0.571. The van der Waals surface area contributed by atoms with Gasteiger partial charge in [0.1, 0.15) is 12.3 Å². The van der Waals surface area contributed by atoms with E-state index in [1.54, 1.807) is 36.4 Å². The van der Waals surface area contributed by atoms with Crippen molar-refractivity contribution in [3.63, 3.8) is 0 Å². The number of benzene rings is 2. The third-order valence-corrected chi connectivity index (χ3v) is 3.83. The molecule has 0 saturated carbocycles. The van der Waals surface area contributed by atoms with Gasteiger partial charge in [0.2, 0.25) is 5.78 Å². The third-order valence-electron chi connectivity index (χ3n) is 3.83. The lowest BCUT2D eigenvalue weighted by Gasteiger charge is -2.13. The van der Waals surface area contributed by atoms with Crippen molar-refractivity contribution in [1.29, 1.82) is 0 Å². The number of ether oxygens (including phenoxy) is 2. The topological polar surface area (TPSA) is 81.7 Å². The van der Waals surface area contributed by atoms with Crippen LogP contribution in [-0.4, -0.2) is 36.9 Å². The zero-order valence-corrected chi connectivity index (χ0v) is 15.7. The van der Waals surface area contributed by atoms with Gasteiger partial charge in [-0.25, -0.2) is 0 Å². The summed E-state index contributed by atoms with van der Waals surface area (Å²) < 4.78 is 10.4. The third kappa shape index (κ3) is 5.95. The molecule has 1 amide bonds. The Morgan fingerprint density at radius 1 is 0.963 bits per heavy atom. The van der Waals surface area contributed by atoms with Gasteiger partial charge in [-0.1, -0.05) is 29.8 Å². The second kappa shape index (κ2) is 9.52. The molecule has 0 fully saturated rings. The van der Waals surface area contributed by atoms with Gasteiger partial charge in [-0.3, -0.25) is 14.4 Å². The van der Waals surface area contributed by atoms with Gasteiger partial charge in [0.15, 0.2) is 6.10 Å². The highest BCUT2D eigenvalue weighted by molar-refractivity contribution is 6.00. The SMILES string of the molecule is CCOc1ccc(C(=O)NCC(=O)O[C@H](C)C(=O)c2ccc(C)cc2)cc1. The van der Waals surface area contributed by atoms with E-state index < -0.39 is 18.0 Å². The van der Waals surface area contributed by atoms with Crippen molar-refractivity contribution in [2.24, 2.45) is 0 Å². The van der Waals surface area contributed by atoms with Crippen LogP contribution in [-0.2, 0) is 9.53 Å². The van der Waals surface area contributed by atoms with Gasteiger partial charge in [0.05, 0.1) is 6.61 Å². The van der Waals surface area contributed by atoms with Crippen LogP contribution in [0.25, 0.3) is 0 Å². The van der Waals surface area contributed by atoms with E-state index in [1.165, 1.54) is 6.92 Å². The number of esters is 1. The van der Waals surface area contributed by atoms with E-state index in [0.29, 0.717) is 23.5 Å². The number of amides is 1. The number of hydrogen-bond acceptors (Lipinski definition) is 5. The fraction of sp³-hybridized carbons (Fsp3) is 0.286. The minimum atomic E-state index is -0.928. The molecule has 1 atom stereocenters. The molecule has 142 valence electrons. The van der Waals surface area contributed by atoms with Crippen LogP contribution in [0.15, 0.2) is 48.5 Å². The molecule has 2 aromatic rings. The maximum atomic E-state index is 12.3. The van der Waals surface area contributed by atoms with Crippen molar-refractivity contribution >= 4 is 17.7 Å². The molecule has 2 rings (SSSR count). The molecule has 0 heterocycles. The lowest BCUT2D eigenvalue weighted by atomic mass is 10.1. The first kappa shape index (κ1) is 20.2. The molecule has 27 heavy (non-hydrogen) atoms. The maximum absolute atomic E-state index is 12.3. The molecule has 6 heteroatoms. The van der Waals surface area contributed by atoms with Gasteiger partial charge in [-0.2, -0.15) is 0 Å². The van der Waals surface area contributed by atoms with E-state index in [-0.39, 0.29) is 12.3 Å². The van der Waals surface area contributed by atoms with Gasteiger partial charge in [0, 0.05) is 11.1 Å². The summed E-state index contributed by atoms with van der Waals surface area (Å²) in [5, 5.41) is 2.48. The van der Waals surface area contributed by atoms with Crippen molar-refractivity contribution in [3.05, 3.63) is 65.2 Å². The summed E-state index contributed by atoms with van der Waals surface area (Å²) in [5.74, 6) is -0.715. The molecular weight excluding hydrogens is 346 g/mol. The maximum Gasteiger partial charge on any atom is 0.326 e. The molecule has 0 spiro atoms. The number of aryl methyl sites for hydroxylation is 1. The van der Waals surface area contributed by atoms with Gasteiger partial charge in [-0.15, -0.1) is 0 Å². The number of nitrogens with one attached hydrogen (secondary N) is 1. The number of Topliss-reactive ketones (excluding diaryl/α,β-unsaturated/α-hetero) is 1. The van der Waals surface area contributed by atoms with Gasteiger partial charge in [0.25, 0.3) is 5.91 Å². The molecule has 0 aliphatic rings. The standard InChI is InChI=1S/C21H23NO5/c1-4-26-18-11-9-17(10-12-18)21(25)22-13-19(23)27-15(3)20(24)16-7-5-14(2)6-8-16/h5-12,15H,4,13H2,1-3H3,(H,22,25)/t15-/m1/s1. The van der Waals surface area contributed by atoms with E-state index in [1.807, 2.05) is 26.0 Å². The minimum Gasteiger partial charge on any atom is -0.494 e. The highest BCUT2D eigenvalue weighted by Crippen LogP contribution is 2.12. The van der Waals surface area contributed by atoms with E-state index in [9.17, 15) is 14.4 Å². The summed E-state index contributed by atoms with van der Waals surface area (Å²) in [6.45, 7) is 5.52. The minimum absolute atomic E-state index is 0.291. The Kier molecular flexibility index (Phi) is 7.11. The zero-order valence-electron chi connectivity index (χ0n) is 15.7. The van der Waals surface area contributed by atoms with Crippen LogP contribution in [0.2, 0.25) is 0 Å². The van der Waals surface area contributed by atoms with Crippen molar-refractivity contribution in [1.82, 2.24) is 5.32 Å². The van der Waals surface area contributed by atoms with E-state index in [2.05, 4.69) is 5.32 Å². The second-order valence-electron chi connectivity index (χ2n) is 6.00. The molecule has 0 aliphatic carbocycles. The molecular formula is C21H23NO5. The second-order valence-corrected chi connectivity index (χ2v) is 6.00. The Morgan fingerprint density at radius 3 is 2.15 bits per heavy atom. The fourth-order valence-electron chi connectivity index (χ4n) is 2.37. The molecule has 6 nitrogen and oxygen atoms in total. The van der Waals surface area contributed by atoms with Crippen LogP contribution < -0.4 is 10.1 Å². The normalized spacial score (nSPS) is 11.4. The van der Waals surface area contributed by atoms with E-state index in [0.717, 1.165) is 5.56 Å². The van der Waals surface area contributed by atoms with Crippen LogP contribution >= 0.6 is 0 Å². The summed E-state index contributed by atoms with van der Waals surface area (Å²) in [6.07, 6.45) is -0.928. The summed E-state index contributed by atoms with van der Waals surface area (Å²) in [4.78, 5) is 36.2. The number of carbonyl (C=O) groups excluding carboxylic acids is 3. The van der Waals surface area contributed by atoms with Crippen LogP contribution in [0.1, 0.15) is 40.1 Å². The molecule has 0 aliphatic heterocycles. The molecule has 1 N–H and O–H groups in total. The number of rotatable bonds is 8. The first-order chi connectivity index (χ1) is 12.9. The average molecular weight is 369 g/mol. The Morgan fingerprint density at radius 2 is 1.56 bits per heavy atom. The Balaban J connectivity index is 1.83. The molecule has 0 unspecified atom stereocenters. The van der Waals surface area contributed by atoms with Crippen molar-refractivity contribution < 1.29 is 23.9 Å². The van der Waals surface area contributed by atoms with Crippen molar-refractivity contribution in [2.75, 3.05) is 13.2 Å². The predicted molar refractivity (Wildman–Crippen MR) is 101 cm³/mol. The molecule has 0 bridgehead atoms. The van der Waals surface area contributed by atoms with Crippen molar-refractivity contribution in [3.8, 4) is 5.75 Å². The number of hydrogen-bond donors (Lipinski definition) is 1. The first-order valence-electron chi connectivity index (χ1n) is 8.72. The Labute approximate surface area is 158 Å². The molecule has 2 aromatic carbocycles. The molecule has 0 saturated heterocycles. The van der Waals surface area contributed by atoms with E-state index >= 15 is 0 Å². The van der Waals surface area contributed by atoms with Crippen molar-refractivity contribution in [2.45, 2.75) is 26.9 Å². The average Bonchev–Trinajstić information content (AvgIpc) is 2.67. The van der Waals surface area contributed by atoms with Gasteiger partial charge < -0.3 is 14.8 Å². The largest absolute Gasteiger partial charge is 0.494 e. The van der Waals surface area contributed by atoms with Crippen LogP contribution in [0.4, 0.5) is 0 Å². The van der Waals surface area contributed by atoms with Crippen LogP contribution in [0, 0.1) is 6.92 Å². The lowest BCUT2D eigenvalue weighted by molar-refractivity contribution is -0.145. The lowest BCUT2D eigenvalue weighted by Crippen LogP contribution is -2.34. The van der Waals surface area contributed by atoms with Crippen LogP contribution in [0.5, 0.6) is 5.75 Å². The molecule has 0 radical (unpaired) electrons. The number of carbonyl (C=O) groups is 3. The summed E-state index contributed by atoms with van der Waals surface area (Å²) in [6, 6.07) is 13.6. The van der Waals surface area contributed by atoms with E-state index in [4.69, 9.17) is 9.47 Å². The summed E-state index contributed by atoms with van der Waals surface area (Å²) in [7, 11) is 0. The first-order valence-corrected chi connectivity index (χ1v) is 8.72. The fourth-order valence-corrected chi connectivity index (χ4v) is 2.37. The van der Waals surface area contributed by atoms with Gasteiger partial charge in [-0.05, 0) is 45.0 Å². The van der Waals surface area contributed by atoms with Crippen LogP contribution in [0.3, 0.4) is 0 Å². The molecule has 0 aromatic heterocycles. The monoisotopic (exact) mass is 369 g/mol.